The van der Waals surface area contributed by atoms with Gasteiger partial charge in [0.05, 0.1) is 0 Å². The summed E-state index contributed by atoms with van der Waals surface area (Å²) >= 11 is 0.184. The van der Waals surface area contributed by atoms with Crippen LogP contribution in [0.2, 0.25) is 5.32 Å². The number of hydrogen-bond donors (Lipinski definition) is 0. The second kappa shape index (κ2) is 6.81. The van der Waals surface area contributed by atoms with Crippen LogP contribution >= 0.6 is 0 Å². The Labute approximate surface area is 113 Å². The predicted octanol–water partition coefficient (Wildman–Crippen LogP) is 2.06. The molecule has 0 amide bonds. The molecule has 88 valence electrons. The minimum atomic E-state index is 0.0164. The van der Waals surface area contributed by atoms with E-state index in [-0.39, 0.29) is 20.7 Å². The van der Waals surface area contributed by atoms with Crippen LogP contribution in [0.4, 0.5) is 0 Å². The van der Waals surface area contributed by atoms with E-state index in [4.69, 9.17) is 0 Å². The zero-order valence-electron chi connectivity index (χ0n) is 9.80. The Morgan fingerprint density at radius 3 is 2.22 bits per heavy atom. The molecule has 0 spiro atoms. The minimum absolute atomic E-state index is 0.0164. The normalized spacial score (nSPS) is 9.33. The number of Topliss-reactive ketones (excluding diaryl/α,β-unsaturated/α-hetero) is 1. The maximum absolute atomic E-state index is 11.6. The van der Waals surface area contributed by atoms with Crippen LogP contribution < -0.4 is 4.46 Å². The van der Waals surface area contributed by atoms with Gasteiger partial charge < -0.3 is 0 Å². The van der Waals surface area contributed by atoms with Crippen molar-refractivity contribution < 1.29 is 4.79 Å². The fraction of sp³-hybridized carbons (Fsp3) is 0.0625. The molecule has 0 aliphatic heterocycles. The van der Waals surface area contributed by atoms with Gasteiger partial charge in [-0.15, -0.1) is 0 Å². The van der Waals surface area contributed by atoms with Crippen molar-refractivity contribution in [2.24, 2.45) is 0 Å². The van der Waals surface area contributed by atoms with Crippen molar-refractivity contribution in [3.63, 3.8) is 0 Å². The van der Waals surface area contributed by atoms with Crippen molar-refractivity contribution in [2.45, 2.75) is 5.32 Å². The van der Waals surface area contributed by atoms with Crippen molar-refractivity contribution in [1.29, 1.82) is 0 Å². The van der Waals surface area contributed by atoms with Crippen molar-refractivity contribution >= 4 is 25.2 Å². The first-order valence-electron chi connectivity index (χ1n) is 5.62. The van der Waals surface area contributed by atoms with E-state index in [2.05, 4.69) is 24.0 Å². The number of carbonyl (C=O) groups is 1. The molecule has 0 saturated carbocycles. The Balaban J connectivity index is 1.89. The Morgan fingerprint density at radius 2 is 1.56 bits per heavy atom. The van der Waals surface area contributed by atoms with Crippen LogP contribution in [0.3, 0.4) is 0 Å². The van der Waals surface area contributed by atoms with Crippen molar-refractivity contribution in [3.8, 4) is 11.8 Å². The Hall–Kier alpha value is -1.81. The Kier molecular flexibility index (Phi) is 4.78. The number of hydrogen-bond acceptors (Lipinski definition) is 1. The van der Waals surface area contributed by atoms with Crippen LogP contribution in [-0.2, 0) is 4.79 Å². The van der Waals surface area contributed by atoms with Gasteiger partial charge in [0, 0.05) is 0 Å². The summed E-state index contributed by atoms with van der Waals surface area (Å²) in [5.74, 6) is 5.60. The molecule has 0 unspecified atom stereocenters. The quantitative estimate of drug-likeness (QED) is 0.626. The topological polar surface area (TPSA) is 17.1 Å². The Bertz CT molecular complexity index is 564. The number of benzene rings is 2. The molecule has 0 fully saturated rings. The third kappa shape index (κ3) is 4.22. The van der Waals surface area contributed by atoms with Crippen LogP contribution in [0, 0.1) is 11.8 Å². The molecular weight excluding hydrogens is 287 g/mol. The summed E-state index contributed by atoms with van der Waals surface area (Å²) in [4.78, 5) is 11.6. The van der Waals surface area contributed by atoms with E-state index in [0.717, 1.165) is 5.56 Å². The summed E-state index contributed by atoms with van der Waals surface area (Å²) in [6, 6.07) is 19.7. The molecule has 2 aromatic carbocycles. The standard InChI is InChI=1S/C16H12OSe/c17-15(12-11-14-7-3-1-4-8-14)13-18-16-9-5-2-6-10-16/h1-10H,13H2. The molecule has 0 bridgehead atoms. The number of rotatable bonds is 3. The van der Waals surface area contributed by atoms with Gasteiger partial charge in [-0.05, 0) is 0 Å². The van der Waals surface area contributed by atoms with Gasteiger partial charge in [-0.25, -0.2) is 0 Å². The average molecular weight is 299 g/mol. The number of ketones is 1. The zero-order chi connectivity index (χ0) is 12.6. The summed E-state index contributed by atoms with van der Waals surface area (Å²) in [7, 11) is 0. The maximum atomic E-state index is 11.6. The second-order valence-corrected chi connectivity index (χ2v) is 5.84. The molecule has 0 aliphatic rings. The summed E-state index contributed by atoms with van der Waals surface area (Å²) < 4.78 is 1.24. The van der Waals surface area contributed by atoms with Crippen LogP contribution in [0.15, 0.2) is 60.7 Å². The van der Waals surface area contributed by atoms with E-state index >= 15 is 0 Å². The fourth-order valence-corrected chi connectivity index (χ4v) is 2.87. The van der Waals surface area contributed by atoms with Gasteiger partial charge in [0.2, 0.25) is 0 Å². The van der Waals surface area contributed by atoms with Crippen LogP contribution in [0.5, 0.6) is 0 Å². The molecule has 0 aliphatic carbocycles. The molecule has 1 nitrogen and oxygen atoms in total. The SMILES string of the molecule is O=C(C#Cc1ccccc1)C[Se]c1ccccc1. The van der Waals surface area contributed by atoms with E-state index in [1.165, 1.54) is 4.46 Å². The second-order valence-electron chi connectivity index (χ2n) is 3.64. The molecule has 0 N–H and O–H groups in total. The van der Waals surface area contributed by atoms with Gasteiger partial charge >= 0.3 is 113 Å². The number of carbonyl (C=O) groups excluding carboxylic acids is 1. The van der Waals surface area contributed by atoms with Gasteiger partial charge in [-0.2, -0.15) is 0 Å². The molecule has 2 heteroatoms. The third-order valence-electron chi connectivity index (χ3n) is 2.23. The first-order valence-corrected chi connectivity index (χ1v) is 7.69. The van der Waals surface area contributed by atoms with Crippen LogP contribution in [-0.4, -0.2) is 20.7 Å². The molecular formula is C16H12OSe. The molecule has 18 heavy (non-hydrogen) atoms. The van der Waals surface area contributed by atoms with E-state index in [9.17, 15) is 4.79 Å². The van der Waals surface area contributed by atoms with Gasteiger partial charge in [-0.3, -0.25) is 0 Å². The van der Waals surface area contributed by atoms with Gasteiger partial charge in [0.15, 0.2) is 0 Å². The van der Waals surface area contributed by atoms with Crippen molar-refractivity contribution in [1.82, 2.24) is 0 Å². The molecule has 0 atom stereocenters. The first kappa shape index (κ1) is 12.6. The van der Waals surface area contributed by atoms with E-state index < -0.39 is 0 Å². The first-order chi connectivity index (χ1) is 8.84. The van der Waals surface area contributed by atoms with Gasteiger partial charge in [0.25, 0.3) is 0 Å². The summed E-state index contributed by atoms with van der Waals surface area (Å²) in [6.07, 6.45) is 0. The molecule has 0 radical (unpaired) electrons. The summed E-state index contributed by atoms with van der Waals surface area (Å²) in [5, 5.41) is 0.539. The predicted molar refractivity (Wildman–Crippen MR) is 75.0 cm³/mol. The van der Waals surface area contributed by atoms with Gasteiger partial charge in [0.1, 0.15) is 0 Å². The molecule has 0 saturated heterocycles. The Morgan fingerprint density at radius 1 is 0.944 bits per heavy atom. The van der Waals surface area contributed by atoms with Gasteiger partial charge in [-0.1, -0.05) is 0 Å². The molecule has 0 heterocycles. The van der Waals surface area contributed by atoms with Crippen LogP contribution in [0.25, 0.3) is 0 Å². The summed E-state index contributed by atoms with van der Waals surface area (Å²) in [5.41, 5.74) is 0.887. The fourth-order valence-electron chi connectivity index (χ4n) is 1.37. The third-order valence-corrected chi connectivity index (χ3v) is 4.36. The molecule has 0 aromatic heterocycles. The zero-order valence-corrected chi connectivity index (χ0v) is 11.5. The van der Waals surface area contributed by atoms with E-state index in [0.29, 0.717) is 5.32 Å². The van der Waals surface area contributed by atoms with Crippen molar-refractivity contribution in [3.05, 3.63) is 66.2 Å². The monoisotopic (exact) mass is 300 g/mol. The van der Waals surface area contributed by atoms with E-state index in [1.807, 2.05) is 48.5 Å². The summed E-state index contributed by atoms with van der Waals surface area (Å²) in [6.45, 7) is 0. The van der Waals surface area contributed by atoms with E-state index in [1.54, 1.807) is 0 Å². The van der Waals surface area contributed by atoms with Crippen molar-refractivity contribution in [2.75, 3.05) is 0 Å². The molecule has 2 aromatic rings. The van der Waals surface area contributed by atoms with Crippen LogP contribution in [0.1, 0.15) is 5.56 Å². The molecule has 2 rings (SSSR count). The average Bonchev–Trinajstić information content (AvgIpc) is 2.45.